The summed E-state index contributed by atoms with van der Waals surface area (Å²) in [4.78, 5) is 0. The summed E-state index contributed by atoms with van der Waals surface area (Å²) in [5, 5.41) is 7.28. The highest BCUT2D eigenvalue weighted by Crippen LogP contribution is 2.31. The van der Waals surface area contributed by atoms with Gasteiger partial charge in [0.25, 0.3) is 0 Å². The van der Waals surface area contributed by atoms with Crippen molar-refractivity contribution in [2.24, 2.45) is 0 Å². The lowest BCUT2D eigenvalue weighted by Crippen LogP contribution is -1.93. The Morgan fingerprint density at radius 2 is 2.13 bits per heavy atom. The molecule has 78 valence electrons. The standard InChI is InChI=1S/C10H11N3O2/c1-6-3-4-8(14-2)7(5-6)9-10(11)13-15-12-9/h3-5H,1-2H3,(H2,11,13). The molecule has 0 spiro atoms. The number of nitrogens with zero attached hydrogens (tertiary/aromatic N) is 2. The second-order valence-corrected chi connectivity index (χ2v) is 3.20. The van der Waals surface area contributed by atoms with Gasteiger partial charge in [0.05, 0.1) is 7.11 Å². The van der Waals surface area contributed by atoms with E-state index in [1.807, 2.05) is 25.1 Å². The van der Waals surface area contributed by atoms with Gasteiger partial charge in [-0.05, 0) is 29.4 Å². The number of hydrogen-bond donors (Lipinski definition) is 1. The number of methoxy groups -OCH3 is 1. The van der Waals surface area contributed by atoms with E-state index in [0.29, 0.717) is 11.4 Å². The van der Waals surface area contributed by atoms with E-state index >= 15 is 0 Å². The molecule has 0 aliphatic rings. The van der Waals surface area contributed by atoms with Crippen LogP contribution in [0.15, 0.2) is 22.8 Å². The number of aryl methyl sites for hydroxylation is 1. The molecule has 5 heteroatoms. The molecule has 1 aromatic carbocycles. The first-order chi connectivity index (χ1) is 7.22. The van der Waals surface area contributed by atoms with Crippen LogP contribution in [-0.2, 0) is 0 Å². The monoisotopic (exact) mass is 205 g/mol. The van der Waals surface area contributed by atoms with E-state index < -0.39 is 0 Å². The summed E-state index contributed by atoms with van der Waals surface area (Å²) in [5.74, 6) is 0.960. The molecule has 0 amide bonds. The summed E-state index contributed by atoms with van der Waals surface area (Å²) in [6.45, 7) is 1.98. The van der Waals surface area contributed by atoms with Crippen LogP contribution in [0.5, 0.6) is 5.75 Å². The van der Waals surface area contributed by atoms with Crippen molar-refractivity contribution in [3.05, 3.63) is 23.8 Å². The zero-order valence-electron chi connectivity index (χ0n) is 8.52. The summed E-state index contributed by atoms with van der Waals surface area (Å²) in [5.41, 5.74) is 8.01. The number of benzene rings is 1. The van der Waals surface area contributed by atoms with Crippen molar-refractivity contribution in [3.8, 4) is 17.0 Å². The molecule has 1 aromatic heterocycles. The molecular formula is C10H11N3O2. The third-order valence-electron chi connectivity index (χ3n) is 2.12. The Hall–Kier alpha value is -2.04. The first-order valence-electron chi connectivity index (χ1n) is 4.45. The van der Waals surface area contributed by atoms with Gasteiger partial charge < -0.3 is 10.5 Å². The van der Waals surface area contributed by atoms with Gasteiger partial charge in [0.1, 0.15) is 5.75 Å². The fourth-order valence-electron chi connectivity index (χ4n) is 1.39. The van der Waals surface area contributed by atoms with Gasteiger partial charge in [-0.25, -0.2) is 4.63 Å². The molecule has 5 nitrogen and oxygen atoms in total. The molecule has 0 radical (unpaired) electrons. The van der Waals surface area contributed by atoms with Gasteiger partial charge in [0.15, 0.2) is 11.5 Å². The van der Waals surface area contributed by atoms with Crippen molar-refractivity contribution in [2.75, 3.05) is 12.8 Å². The second kappa shape index (κ2) is 3.61. The van der Waals surface area contributed by atoms with E-state index in [1.165, 1.54) is 0 Å². The van der Waals surface area contributed by atoms with E-state index in [1.54, 1.807) is 7.11 Å². The van der Waals surface area contributed by atoms with Crippen LogP contribution in [-0.4, -0.2) is 17.4 Å². The van der Waals surface area contributed by atoms with Crippen LogP contribution in [0.25, 0.3) is 11.3 Å². The molecule has 0 saturated heterocycles. The highest BCUT2D eigenvalue weighted by Gasteiger charge is 2.14. The Bertz CT molecular complexity index is 479. The lowest BCUT2D eigenvalue weighted by Gasteiger charge is -2.06. The van der Waals surface area contributed by atoms with Crippen LogP contribution in [0, 0.1) is 6.92 Å². The Labute approximate surface area is 86.8 Å². The summed E-state index contributed by atoms with van der Waals surface area (Å²) < 4.78 is 9.77. The fraction of sp³-hybridized carbons (Fsp3) is 0.200. The number of rotatable bonds is 2. The molecule has 0 saturated carbocycles. The van der Waals surface area contributed by atoms with Gasteiger partial charge in [0.2, 0.25) is 0 Å². The third kappa shape index (κ3) is 1.63. The maximum Gasteiger partial charge on any atom is 0.196 e. The molecular weight excluding hydrogens is 194 g/mol. The van der Waals surface area contributed by atoms with Crippen molar-refractivity contribution in [1.29, 1.82) is 0 Å². The van der Waals surface area contributed by atoms with E-state index in [9.17, 15) is 0 Å². The van der Waals surface area contributed by atoms with Gasteiger partial charge in [-0.2, -0.15) is 0 Å². The molecule has 0 fully saturated rings. The highest BCUT2D eigenvalue weighted by molar-refractivity contribution is 5.74. The topological polar surface area (TPSA) is 74.2 Å². The van der Waals surface area contributed by atoms with E-state index in [0.717, 1.165) is 11.1 Å². The predicted octanol–water partition coefficient (Wildman–Crippen LogP) is 1.64. The average Bonchev–Trinajstić information content (AvgIpc) is 2.64. The molecule has 1 heterocycles. The Kier molecular flexibility index (Phi) is 2.29. The lowest BCUT2D eigenvalue weighted by atomic mass is 10.1. The number of hydrogen-bond acceptors (Lipinski definition) is 5. The van der Waals surface area contributed by atoms with Crippen molar-refractivity contribution in [2.45, 2.75) is 6.92 Å². The summed E-state index contributed by atoms with van der Waals surface area (Å²) in [7, 11) is 1.60. The van der Waals surface area contributed by atoms with E-state index in [2.05, 4.69) is 14.9 Å². The first kappa shape index (κ1) is 9.51. The van der Waals surface area contributed by atoms with E-state index in [4.69, 9.17) is 10.5 Å². The molecule has 2 rings (SSSR count). The minimum Gasteiger partial charge on any atom is -0.496 e. The average molecular weight is 205 g/mol. The quantitative estimate of drug-likeness (QED) is 0.806. The van der Waals surface area contributed by atoms with Crippen LogP contribution in [0.3, 0.4) is 0 Å². The smallest absolute Gasteiger partial charge is 0.196 e. The minimum absolute atomic E-state index is 0.263. The Balaban J connectivity index is 2.60. The molecule has 2 aromatic rings. The van der Waals surface area contributed by atoms with E-state index in [-0.39, 0.29) is 5.82 Å². The molecule has 0 bridgehead atoms. The number of anilines is 1. The van der Waals surface area contributed by atoms with Crippen molar-refractivity contribution >= 4 is 5.82 Å². The summed E-state index contributed by atoms with van der Waals surface area (Å²) in [6, 6.07) is 5.74. The maximum atomic E-state index is 5.62. The number of aromatic nitrogens is 2. The molecule has 0 unspecified atom stereocenters. The van der Waals surface area contributed by atoms with Crippen LogP contribution in [0.2, 0.25) is 0 Å². The second-order valence-electron chi connectivity index (χ2n) is 3.20. The van der Waals surface area contributed by atoms with Crippen LogP contribution in [0.1, 0.15) is 5.56 Å². The largest absolute Gasteiger partial charge is 0.496 e. The highest BCUT2D eigenvalue weighted by atomic mass is 16.6. The van der Waals surface area contributed by atoms with Crippen molar-refractivity contribution in [3.63, 3.8) is 0 Å². The van der Waals surface area contributed by atoms with Gasteiger partial charge in [-0.1, -0.05) is 11.6 Å². The minimum atomic E-state index is 0.263. The molecule has 0 aliphatic carbocycles. The molecule has 0 atom stereocenters. The van der Waals surface area contributed by atoms with Crippen molar-refractivity contribution in [1.82, 2.24) is 10.3 Å². The first-order valence-corrected chi connectivity index (χ1v) is 4.45. The Morgan fingerprint density at radius 3 is 2.73 bits per heavy atom. The maximum absolute atomic E-state index is 5.62. The number of nitrogen functional groups attached to an aromatic ring is 1. The number of nitrogens with two attached hydrogens (primary N) is 1. The third-order valence-corrected chi connectivity index (χ3v) is 2.12. The SMILES string of the molecule is COc1ccc(C)cc1-c1nonc1N. The summed E-state index contributed by atoms with van der Waals surface area (Å²) in [6.07, 6.45) is 0. The molecule has 15 heavy (non-hydrogen) atoms. The van der Waals surface area contributed by atoms with Gasteiger partial charge in [-0.15, -0.1) is 0 Å². The normalized spacial score (nSPS) is 10.3. The lowest BCUT2D eigenvalue weighted by molar-refractivity contribution is 0.310. The van der Waals surface area contributed by atoms with Gasteiger partial charge >= 0.3 is 0 Å². The molecule has 2 N–H and O–H groups in total. The molecule has 0 aliphatic heterocycles. The zero-order chi connectivity index (χ0) is 10.8. The summed E-state index contributed by atoms with van der Waals surface area (Å²) >= 11 is 0. The van der Waals surface area contributed by atoms with Crippen LogP contribution in [0.4, 0.5) is 5.82 Å². The van der Waals surface area contributed by atoms with Gasteiger partial charge in [-0.3, -0.25) is 0 Å². The van der Waals surface area contributed by atoms with Gasteiger partial charge in [0, 0.05) is 5.56 Å². The Morgan fingerprint density at radius 1 is 1.33 bits per heavy atom. The number of ether oxygens (including phenoxy) is 1. The van der Waals surface area contributed by atoms with Crippen LogP contribution < -0.4 is 10.5 Å². The fourth-order valence-corrected chi connectivity index (χ4v) is 1.39. The zero-order valence-corrected chi connectivity index (χ0v) is 8.52. The predicted molar refractivity (Wildman–Crippen MR) is 55.4 cm³/mol. The van der Waals surface area contributed by atoms with Crippen LogP contribution >= 0.6 is 0 Å². The van der Waals surface area contributed by atoms with Crippen molar-refractivity contribution < 1.29 is 9.37 Å².